The number of halogens is 1. The van der Waals surface area contributed by atoms with Crippen LogP contribution in [-0.4, -0.2) is 22.6 Å². The van der Waals surface area contributed by atoms with Gasteiger partial charge in [-0.1, -0.05) is 53.2 Å². The van der Waals surface area contributed by atoms with E-state index in [-0.39, 0.29) is 12.3 Å². The zero-order valence-corrected chi connectivity index (χ0v) is 14.6. The fourth-order valence-corrected chi connectivity index (χ4v) is 2.58. The number of hydrogen-bond acceptors (Lipinski definition) is 4. The number of benzene rings is 2. The lowest BCUT2D eigenvalue weighted by Crippen LogP contribution is -2.27. The third-order valence-electron chi connectivity index (χ3n) is 3.81. The normalized spacial score (nSPS) is 10.6. The van der Waals surface area contributed by atoms with Crippen molar-refractivity contribution in [2.24, 2.45) is 0 Å². The Bertz CT molecular complexity index is 859. The minimum absolute atomic E-state index is 0.0689. The van der Waals surface area contributed by atoms with E-state index in [1.54, 1.807) is 0 Å². The van der Waals surface area contributed by atoms with Gasteiger partial charge < -0.3 is 9.84 Å². The first kappa shape index (κ1) is 17.2. The number of nitrogens with zero attached hydrogens (tertiary/aromatic N) is 2. The van der Waals surface area contributed by atoms with Crippen molar-refractivity contribution in [1.29, 1.82) is 0 Å². The van der Waals surface area contributed by atoms with Gasteiger partial charge in [0.15, 0.2) is 0 Å². The predicted molar refractivity (Wildman–Crippen MR) is 96.3 cm³/mol. The molecule has 0 unspecified atom stereocenters. The molecule has 0 aliphatic rings. The molecule has 3 aromatic rings. The van der Waals surface area contributed by atoms with Crippen LogP contribution in [0.5, 0.6) is 0 Å². The van der Waals surface area contributed by atoms with E-state index in [1.165, 1.54) is 0 Å². The lowest BCUT2D eigenvalue weighted by atomic mass is 10.1. The van der Waals surface area contributed by atoms with Gasteiger partial charge in [0.05, 0.1) is 0 Å². The van der Waals surface area contributed by atoms with Crippen molar-refractivity contribution in [2.45, 2.75) is 19.8 Å². The number of carbonyl (C=O) groups excluding carboxylic acids is 1. The van der Waals surface area contributed by atoms with Crippen molar-refractivity contribution >= 4 is 17.5 Å². The average molecular weight is 356 g/mol. The fraction of sp³-hybridized carbons (Fsp3) is 0.211. The highest BCUT2D eigenvalue weighted by atomic mass is 35.5. The third-order valence-corrected chi connectivity index (χ3v) is 4.07. The molecule has 25 heavy (non-hydrogen) atoms. The Labute approximate surface area is 151 Å². The van der Waals surface area contributed by atoms with Crippen molar-refractivity contribution < 1.29 is 9.32 Å². The fourth-order valence-electron chi connectivity index (χ4n) is 2.46. The maximum atomic E-state index is 12.0. The van der Waals surface area contributed by atoms with Crippen molar-refractivity contribution in [3.63, 3.8) is 0 Å². The molecule has 3 rings (SSSR count). The summed E-state index contributed by atoms with van der Waals surface area (Å²) in [5, 5.41) is 7.52. The summed E-state index contributed by atoms with van der Waals surface area (Å²) in [6.07, 6.45) is 0.806. The van der Waals surface area contributed by atoms with Gasteiger partial charge in [0.25, 0.3) is 0 Å². The lowest BCUT2D eigenvalue weighted by molar-refractivity contribution is -0.120. The predicted octanol–water partition coefficient (Wildman–Crippen LogP) is 3.60. The van der Waals surface area contributed by atoms with E-state index in [0.29, 0.717) is 23.3 Å². The van der Waals surface area contributed by atoms with Gasteiger partial charge >= 0.3 is 0 Å². The Morgan fingerprint density at radius 2 is 1.92 bits per heavy atom. The molecule has 5 nitrogen and oxygen atoms in total. The van der Waals surface area contributed by atoms with E-state index < -0.39 is 0 Å². The largest absolute Gasteiger partial charge is 0.355 e. The SMILES string of the molecule is Cc1ccccc1-c1noc(CC(=O)NCCc2ccc(Cl)cc2)n1. The van der Waals surface area contributed by atoms with Crippen LogP contribution in [0.3, 0.4) is 0 Å². The zero-order valence-electron chi connectivity index (χ0n) is 13.8. The number of rotatable bonds is 6. The Morgan fingerprint density at radius 1 is 1.16 bits per heavy atom. The molecule has 0 aliphatic heterocycles. The Hall–Kier alpha value is -2.66. The highest BCUT2D eigenvalue weighted by molar-refractivity contribution is 6.30. The molecule has 2 aromatic carbocycles. The van der Waals surface area contributed by atoms with E-state index in [0.717, 1.165) is 23.1 Å². The lowest BCUT2D eigenvalue weighted by Gasteiger charge is -2.04. The Kier molecular flexibility index (Phi) is 5.46. The Morgan fingerprint density at radius 3 is 2.68 bits per heavy atom. The molecule has 1 N–H and O–H groups in total. The highest BCUT2D eigenvalue weighted by Gasteiger charge is 2.13. The summed E-state index contributed by atoms with van der Waals surface area (Å²) in [5.74, 6) is 0.665. The molecule has 0 radical (unpaired) electrons. The second-order valence-electron chi connectivity index (χ2n) is 5.73. The molecule has 1 heterocycles. The topological polar surface area (TPSA) is 68.0 Å². The average Bonchev–Trinajstić information content (AvgIpc) is 3.05. The van der Waals surface area contributed by atoms with Crippen LogP contribution >= 0.6 is 11.6 Å². The summed E-state index contributed by atoms with van der Waals surface area (Å²) in [5.41, 5.74) is 3.08. The van der Waals surface area contributed by atoms with Gasteiger partial charge in [0.1, 0.15) is 6.42 Å². The van der Waals surface area contributed by atoms with Crippen LogP contribution in [0.25, 0.3) is 11.4 Å². The summed E-state index contributed by atoms with van der Waals surface area (Å²) in [6, 6.07) is 15.3. The first-order chi connectivity index (χ1) is 12.1. The van der Waals surface area contributed by atoms with Gasteiger partial charge in [0.2, 0.25) is 17.6 Å². The molecule has 1 amide bonds. The minimum atomic E-state index is -0.144. The summed E-state index contributed by atoms with van der Waals surface area (Å²) >= 11 is 5.85. The van der Waals surface area contributed by atoms with Crippen LogP contribution in [0.4, 0.5) is 0 Å². The van der Waals surface area contributed by atoms with Gasteiger partial charge in [-0.2, -0.15) is 4.98 Å². The van der Waals surface area contributed by atoms with E-state index in [9.17, 15) is 4.79 Å². The second-order valence-corrected chi connectivity index (χ2v) is 6.17. The van der Waals surface area contributed by atoms with Crippen LogP contribution in [0.2, 0.25) is 5.02 Å². The first-order valence-corrected chi connectivity index (χ1v) is 8.39. The maximum Gasteiger partial charge on any atom is 0.236 e. The molecule has 0 saturated heterocycles. The van der Waals surface area contributed by atoms with Crippen molar-refractivity contribution in [2.75, 3.05) is 6.54 Å². The zero-order chi connectivity index (χ0) is 17.6. The van der Waals surface area contributed by atoms with Gasteiger partial charge in [0, 0.05) is 17.1 Å². The maximum absolute atomic E-state index is 12.0. The quantitative estimate of drug-likeness (QED) is 0.733. The molecular formula is C19H18ClN3O2. The highest BCUT2D eigenvalue weighted by Crippen LogP contribution is 2.19. The molecule has 0 aliphatic carbocycles. The molecule has 0 saturated carbocycles. The number of aromatic nitrogens is 2. The second kappa shape index (κ2) is 7.94. The van der Waals surface area contributed by atoms with Crippen LogP contribution in [0.15, 0.2) is 53.1 Å². The Balaban J connectivity index is 1.52. The summed E-state index contributed by atoms with van der Waals surface area (Å²) in [6.45, 7) is 2.52. The first-order valence-electron chi connectivity index (χ1n) is 8.01. The van der Waals surface area contributed by atoms with E-state index in [2.05, 4.69) is 15.5 Å². The summed E-state index contributed by atoms with van der Waals surface area (Å²) in [7, 11) is 0. The molecule has 0 atom stereocenters. The van der Waals surface area contributed by atoms with Crippen LogP contribution < -0.4 is 5.32 Å². The van der Waals surface area contributed by atoms with Gasteiger partial charge in [-0.05, 0) is 36.6 Å². The number of carbonyl (C=O) groups is 1. The molecule has 1 aromatic heterocycles. The van der Waals surface area contributed by atoms with Crippen LogP contribution in [-0.2, 0) is 17.6 Å². The van der Waals surface area contributed by atoms with Crippen LogP contribution in [0.1, 0.15) is 17.0 Å². The molecule has 128 valence electrons. The standard InChI is InChI=1S/C19H18ClN3O2/c1-13-4-2-3-5-16(13)19-22-18(25-23-19)12-17(24)21-11-10-14-6-8-15(20)9-7-14/h2-9H,10-12H2,1H3,(H,21,24). The molecule has 0 bridgehead atoms. The van der Waals surface area contributed by atoms with Crippen molar-refractivity contribution in [3.05, 3.63) is 70.6 Å². The summed E-state index contributed by atoms with van der Waals surface area (Å²) < 4.78 is 5.19. The van der Waals surface area contributed by atoms with Gasteiger partial charge in [-0.3, -0.25) is 4.79 Å². The van der Waals surface area contributed by atoms with Gasteiger partial charge in [-0.15, -0.1) is 0 Å². The number of amides is 1. The van der Waals surface area contributed by atoms with Crippen molar-refractivity contribution in [1.82, 2.24) is 15.5 Å². The smallest absolute Gasteiger partial charge is 0.236 e. The number of hydrogen-bond donors (Lipinski definition) is 1. The molecule has 0 fully saturated rings. The summed E-state index contributed by atoms with van der Waals surface area (Å²) in [4.78, 5) is 16.3. The number of nitrogens with one attached hydrogen (secondary N) is 1. The molecular weight excluding hydrogens is 338 g/mol. The van der Waals surface area contributed by atoms with E-state index in [1.807, 2.05) is 55.5 Å². The third kappa shape index (κ3) is 4.67. The van der Waals surface area contributed by atoms with Crippen molar-refractivity contribution in [3.8, 4) is 11.4 Å². The molecule has 0 spiro atoms. The van der Waals surface area contributed by atoms with E-state index >= 15 is 0 Å². The number of aryl methyl sites for hydroxylation is 1. The monoisotopic (exact) mass is 355 g/mol. The van der Waals surface area contributed by atoms with Crippen LogP contribution in [0, 0.1) is 6.92 Å². The van der Waals surface area contributed by atoms with E-state index in [4.69, 9.17) is 16.1 Å². The molecule has 6 heteroatoms. The van der Waals surface area contributed by atoms with Gasteiger partial charge in [-0.25, -0.2) is 0 Å². The minimum Gasteiger partial charge on any atom is -0.355 e.